The number of hydrogen-bond acceptors (Lipinski definition) is 6. The average molecular weight is 403 g/mol. The first-order chi connectivity index (χ1) is 14.5. The maximum atomic E-state index is 13.4. The standard InChI is InChI=1S/C22H22FN7/c1-14(15-4-6-17(23)7-5-15)21-18(16-11-27-30(3)13-16)10-19(29-22(21)24-2)28-20-12-25-8-9-26-20/h4-14H,1-3H3,(H2,24,26,28,29). The number of pyridine rings is 1. The van der Waals surface area contributed by atoms with Crippen molar-refractivity contribution in [3.63, 3.8) is 0 Å². The van der Waals surface area contributed by atoms with E-state index in [1.165, 1.54) is 12.1 Å². The topological polar surface area (TPSA) is 80.6 Å². The first-order valence-electron chi connectivity index (χ1n) is 9.55. The van der Waals surface area contributed by atoms with E-state index < -0.39 is 0 Å². The molecule has 152 valence electrons. The van der Waals surface area contributed by atoms with E-state index in [2.05, 4.69) is 32.6 Å². The molecule has 4 rings (SSSR count). The highest BCUT2D eigenvalue weighted by atomic mass is 19.1. The predicted octanol–water partition coefficient (Wildman–Crippen LogP) is 4.35. The van der Waals surface area contributed by atoms with Crippen molar-refractivity contribution < 1.29 is 4.39 Å². The van der Waals surface area contributed by atoms with Crippen LogP contribution in [-0.2, 0) is 7.05 Å². The number of halogens is 1. The molecule has 4 aromatic rings. The minimum absolute atomic E-state index is 0.0266. The number of nitrogens with zero attached hydrogens (tertiary/aromatic N) is 5. The van der Waals surface area contributed by atoms with Gasteiger partial charge >= 0.3 is 0 Å². The molecule has 7 nitrogen and oxygen atoms in total. The Morgan fingerprint density at radius 2 is 1.87 bits per heavy atom. The van der Waals surface area contributed by atoms with Gasteiger partial charge in [0.1, 0.15) is 23.3 Å². The van der Waals surface area contributed by atoms with Gasteiger partial charge in [0.15, 0.2) is 0 Å². The number of anilines is 3. The number of aryl methyl sites for hydroxylation is 1. The van der Waals surface area contributed by atoms with Gasteiger partial charge in [-0.15, -0.1) is 0 Å². The minimum Gasteiger partial charge on any atom is -0.373 e. The van der Waals surface area contributed by atoms with Gasteiger partial charge in [0.05, 0.1) is 12.4 Å². The molecule has 0 fully saturated rings. The third-order valence-electron chi connectivity index (χ3n) is 4.93. The summed E-state index contributed by atoms with van der Waals surface area (Å²) in [5, 5.41) is 10.8. The van der Waals surface area contributed by atoms with Crippen molar-refractivity contribution in [2.75, 3.05) is 17.7 Å². The van der Waals surface area contributed by atoms with Crippen LogP contribution in [0.15, 0.2) is 61.3 Å². The Kier molecular flexibility index (Phi) is 5.38. The number of rotatable bonds is 6. The third kappa shape index (κ3) is 3.98. The summed E-state index contributed by atoms with van der Waals surface area (Å²) in [6.45, 7) is 2.08. The molecule has 2 N–H and O–H groups in total. The van der Waals surface area contributed by atoms with Gasteiger partial charge in [0.25, 0.3) is 0 Å². The summed E-state index contributed by atoms with van der Waals surface area (Å²) in [5.74, 6) is 1.67. The fourth-order valence-corrected chi connectivity index (χ4v) is 3.46. The highest BCUT2D eigenvalue weighted by molar-refractivity contribution is 5.77. The maximum Gasteiger partial charge on any atom is 0.150 e. The van der Waals surface area contributed by atoms with E-state index in [-0.39, 0.29) is 11.7 Å². The van der Waals surface area contributed by atoms with Crippen molar-refractivity contribution in [3.8, 4) is 11.1 Å². The first kappa shape index (κ1) is 19.5. The second kappa shape index (κ2) is 8.28. The summed E-state index contributed by atoms with van der Waals surface area (Å²) < 4.78 is 15.2. The van der Waals surface area contributed by atoms with Crippen molar-refractivity contribution in [1.82, 2.24) is 24.7 Å². The molecule has 0 spiro atoms. The predicted molar refractivity (Wildman–Crippen MR) is 115 cm³/mol. The lowest BCUT2D eigenvalue weighted by molar-refractivity contribution is 0.626. The molecule has 0 radical (unpaired) electrons. The number of aromatic nitrogens is 5. The van der Waals surface area contributed by atoms with Crippen LogP contribution in [0, 0.1) is 5.82 Å². The SMILES string of the molecule is CNc1nc(Nc2cnccn2)cc(-c2cnn(C)c2)c1C(C)c1ccc(F)cc1. The van der Waals surface area contributed by atoms with E-state index in [1.807, 2.05) is 32.6 Å². The molecule has 1 unspecified atom stereocenters. The Morgan fingerprint density at radius 1 is 1.07 bits per heavy atom. The van der Waals surface area contributed by atoms with Gasteiger partial charge < -0.3 is 10.6 Å². The van der Waals surface area contributed by atoms with E-state index in [4.69, 9.17) is 4.98 Å². The second-order valence-electron chi connectivity index (χ2n) is 6.96. The molecule has 0 aliphatic heterocycles. The largest absolute Gasteiger partial charge is 0.373 e. The van der Waals surface area contributed by atoms with Gasteiger partial charge in [-0.3, -0.25) is 9.67 Å². The van der Waals surface area contributed by atoms with Crippen molar-refractivity contribution in [2.24, 2.45) is 7.05 Å². The Morgan fingerprint density at radius 3 is 2.50 bits per heavy atom. The molecule has 3 aromatic heterocycles. The van der Waals surface area contributed by atoms with E-state index in [1.54, 1.807) is 35.4 Å². The molecule has 0 bridgehead atoms. The Hall–Kier alpha value is -3.81. The lowest BCUT2D eigenvalue weighted by atomic mass is 9.88. The van der Waals surface area contributed by atoms with E-state index in [0.29, 0.717) is 11.6 Å². The molecular weight excluding hydrogens is 381 g/mol. The highest BCUT2D eigenvalue weighted by Crippen LogP contribution is 2.39. The Labute approximate surface area is 174 Å². The molecule has 30 heavy (non-hydrogen) atoms. The molecule has 3 heterocycles. The zero-order valence-corrected chi connectivity index (χ0v) is 17.0. The normalized spacial score (nSPS) is 11.9. The fourth-order valence-electron chi connectivity index (χ4n) is 3.46. The lowest BCUT2D eigenvalue weighted by Crippen LogP contribution is -2.08. The van der Waals surface area contributed by atoms with E-state index in [0.717, 1.165) is 28.1 Å². The quantitative estimate of drug-likeness (QED) is 0.498. The van der Waals surface area contributed by atoms with Crippen molar-refractivity contribution in [1.29, 1.82) is 0 Å². The number of nitrogens with one attached hydrogen (secondary N) is 2. The van der Waals surface area contributed by atoms with Gasteiger partial charge in [-0.1, -0.05) is 19.1 Å². The van der Waals surface area contributed by atoms with Crippen LogP contribution >= 0.6 is 0 Å². The van der Waals surface area contributed by atoms with Crippen LogP contribution < -0.4 is 10.6 Å². The molecule has 0 saturated heterocycles. The highest BCUT2D eigenvalue weighted by Gasteiger charge is 2.21. The molecular formula is C22H22FN7. The van der Waals surface area contributed by atoms with Gasteiger partial charge in [-0.25, -0.2) is 14.4 Å². The smallest absolute Gasteiger partial charge is 0.150 e. The van der Waals surface area contributed by atoms with Crippen LogP contribution in [0.4, 0.5) is 21.8 Å². The van der Waals surface area contributed by atoms with E-state index >= 15 is 0 Å². The average Bonchev–Trinajstić information content (AvgIpc) is 3.20. The summed E-state index contributed by atoms with van der Waals surface area (Å²) in [5.41, 5.74) is 3.93. The summed E-state index contributed by atoms with van der Waals surface area (Å²) in [4.78, 5) is 13.1. The van der Waals surface area contributed by atoms with Gasteiger partial charge in [-0.05, 0) is 29.3 Å². The molecule has 1 atom stereocenters. The van der Waals surface area contributed by atoms with Crippen molar-refractivity contribution in [2.45, 2.75) is 12.8 Å². The molecule has 0 aliphatic rings. The lowest BCUT2D eigenvalue weighted by Gasteiger charge is -2.21. The minimum atomic E-state index is -0.256. The molecule has 0 aliphatic carbocycles. The van der Waals surface area contributed by atoms with Gasteiger partial charge in [-0.2, -0.15) is 5.10 Å². The summed E-state index contributed by atoms with van der Waals surface area (Å²) in [6.07, 6.45) is 8.66. The summed E-state index contributed by atoms with van der Waals surface area (Å²) in [6, 6.07) is 8.54. The van der Waals surface area contributed by atoms with Crippen LogP contribution in [0.5, 0.6) is 0 Å². The molecule has 0 saturated carbocycles. The van der Waals surface area contributed by atoms with Gasteiger partial charge in [0, 0.05) is 49.7 Å². The maximum absolute atomic E-state index is 13.4. The molecule has 0 amide bonds. The zero-order valence-electron chi connectivity index (χ0n) is 17.0. The third-order valence-corrected chi connectivity index (χ3v) is 4.93. The van der Waals surface area contributed by atoms with Crippen LogP contribution in [0.25, 0.3) is 11.1 Å². The number of benzene rings is 1. The van der Waals surface area contributed by atoms with Crippen molar-refractivity contribution >= 4 is 17.5 Å². The monoisotopic (exact) mass is 403 g/mol. The summed E-state index contributed by atoms with van der Waals surface area (Å²) in [7, 11) is 3.72. The van der Waals surface area contributed by atoms with Gasteiger partial charge in [0.2, 0.25) is 0 Å². The first-order valence-corrected chi connectivity index (χ1v) is 9.55. The second-order valence-corrected chi connectivity index (χ2v) is 6.96. The molecule has 1 aromatic carbocycles. The Balaban J connectivity index is 1.85. The number of hydrogen-bond donors (Lipinski definition) is 2. The fraction of sp³-hybridized carbons (Fsp3) is 0.182. The van der Waals surface area contributed by atoms with Crippen LogP contribution in [0.1, 0.15) is 24.0 Å². The van der Waals surface area contributed by atoms with Crippen molar-refractivity contribution in [3.05, 3.63) is 78.3 Å². The van der Waals surface area contributed by atoms with Crippen LogP contribution in [-0.4, -0.2) is 31.8 Å². The molecule has 8 heteroatoms. The Bertz CT molecular complexity index is 1140. The van der Waals surface area contributed by atoms with Crippen LogP contribution in [0.2, 0.25) is 0 Å². The van der Waals surface area contributed by atoms with E-state index in [9.17, 15) is 4.39 Å². The van der Waals surface area contributed by atoms with Crippen LogP contribution in [0.3, 0.4) is 0 Å². The zero-order chi connectivity index (χ0) is 21.1. The summed E-state index contributed by atoms with van der Waals surface area (Å²) >= 11 is 0.